The number of benzene rings is 2. The zero-order valence-electron chi connectivity index (χ0n) is 23.0. The lowest BCUT2D eigenvalue weighted by atomic mass is 9.77. The highest BCUT2D eigenvalue weighted by atomic mass is 16.6. The van der Waals surface area contributed by atoms with E-state index in [2.05, 4.69) is 0 Å². The summed E-state index contributed by atoms with van der Waals surface area (Å²) in [6.07, 6.45) is 2.97. The minimum absolute atomic E-state index is 0.00999. The largest absolute Gasteiger partial charge is 0.463 e. The van der Waals surface area contributed by atoms with E-state index in [9.17, 15) is 14.4 Å². The summed E-state index contributed by atoms with van der Waals surface area (Å²) in [5, 5.41) is 0. The minimum Gasteiger partial charge on any atom is -0.463 e. The number of hydrogen-bond acceptors (Lipinski definition) is 6. The Morgan fingerprint density at radius 3 is 2.30 bits per heavy atom. The Bertz CT molecular complexity index is 1080. The maximum atomic E-state index is 13.4. The van der Waals surface area contributed by atoms with Crippen molar-refractivity contribution in [2.75, 3.05) is 13.2 Å². The van der Waals surface area contributed by atoms with E-state index in [4.69, 9.17) is 14.2 Å². The van der Waals surface area contributed by atoms with E-state index >= 15 is 0 Å². The summed E-state index contributed by atoms with van der Waals surface area (Å²) < 4.78 is 16.4. The molecule has 200 valence electrons. The third kappa shape index (κ3) is 9.96. The zero-order valence-corrected chi connectivity index (χ0v) is 23.0. The van der Waals surface area contributed by atoms with Gasteiger partial charge in [0.1, 0.15) is 12.2 Å². The molecule has 2 aromatic rings. The predicted molar refractivity (Wildman–Crippen MR) is 145 cm³/mol. The number of Topliss-reactive ketones (excluding diaryl/α,β-unsaturated/α-hetero) is 1. The van der Waals surface area contributed by atoms with Crippen LogP contribution in [0.25, 0.3) is 6.08 Å². The number of carbonyl (C=O) groups is 3. The van der Waals surface area contributed by atoms with Crippen LogP contribution in [-0.2, 0) is 40.6 Å². The highest BCUT2D eigenvalue weighted by molar-refractivity contribution is 5.93. The molecule has 6 heteroatoms. The molecule has 0 radical (unpaired) electrons. The minimum atomic E-state index is -0.972. The maximum Gasteiger partial charge on any atom is 0.333 e. The molecule has 0 spiro atoms. The van der Waals surface area contributed by atoms with Crippen molar-refractivity contribution in [3.63, 3.8) is 0 Å². The molecule has 37 heavy (non-hydrogen) atoms. The van der Waals surface area contributed by atoms with Gasteiger partial charge in [-0.2, -0.15) is 0 Å². The van der Waals surface area contributed by atoms with Crippen molar-refractivity contribution in [2.24, 2.45) is 0 Å². The number of carbonyl (C=O) groups excluding carboxylic acids is 3. The van der Waals surface area contributed by atoms with Gasteiger partial charge in [0.15, 0.2) is 5.78 Å². The molecular formula is C31H40O6. The first kappa shape index (κ1) is 30.0. The van der Waals surface area contributed by atoms with Crippen LogP contribution in [0, 0.1) is 0 Å². The third-order valence-corrected chi connectivity index (χ3v) is 5.86. The van der Waals surface area contributed by atoms with Crippen molar-refractivity contribution in [1.29, 1.82) is 0 Å². The topological polar surface area (TPSA) is 78.9 Å². The molecule has 0 aliphatic rings. The summed E-state index contributed by atoms with van der Waals surface area (Å²) in [7, 11) is 0. The predicted octanol–water partition coefficient (Wildman–Crippen LogP) is 6.21. The molecule has 1 unspecified atom stereocenters. The molecule has 6 nitrogen and oxygen atoms in total. The Morgan fingerprint density at radius 1 is 0.946 bits per heavy atom. The van der Waals surface area contributed by atoms with E-state index < -0.39 is 11.0 Å². The summed E-state index contributed by atoms with van der Waals surface area (Å²) in [4.78, 5) is 37.9. The van der Waals surface area contributed by atoms with Gasteiger partial charge < -0.3 is 14.2 Å². The van der Waals surface area contributed by atoms with E-state index in [-0.39, 0.29) is 24.3 Å². The summed E-state index contributed by atoms with van der Waals surface area (Å²) in [6.45, 7) is 11.5. The lowest BCUT2D eigenvalue weighted by Gasteiger charge is -2.32. The van der Waals surface area contributed by atoms with Gasteiger partial charge in [-0.25, -0.2) is 4.79 Å². The molecule has 0 bridgehead atoms. The Morgan fingerprint density at radius 2 is 1.65 bits per heavy atom. The summed E-state index contributed by atoms with van der Waals surface area (Å²) >= 11 is 0. The van der Waals surface area contributed by atoms with Gasteiger partial charge in [-0.15, -0.1) is 0 Å². The Balaban J connectivity index is 2.13. The van der Waals surface area contributed by atoms with Crippen LogP contribution < -0.4 is 0 Å². The average Bonchev–Trinajstić information content (AvgIpc) is 2.84. The summed E-state index contributed by atoms with van der Waals surface area (Å²) in [5.74, 6) is -0.740. The first-order chi connectivity index (χ1) is 17.4. The zero-order chi connectivity index (χ0) is 27.5. The van der Waals surface area contributed by atoms with Gasteiger partial charge in [0.25, 0.3) is 0 Å². The molecule has 0 amide bonds. The second kappa shape index (κ2) is 13.9. The number of rotatable bonds is 13. The van der Waals surface area contributed by atoms with Crippen LogP contribution in [0.4, 0.5) is 0 Å². The first-order valence-electron chi connectivity index (χ1n) is 12.8. The standard InChI is InChI=1S/C31H40O6/c1-7-36-28(33)23(2)19-25-15-11-16-26(20-25)31(6,29(34)37-30(3,4)5)18-12-17-27(32)22-35-21-24-13-9-8-10-14-24/h8-11,13-16,19-20H,7,12,17-18,21-22H2,1-6H3/b23-19+. The van der Waals surface area contributed by atoms with Gasteiger partial charge >= 0.3 is 11.9 Å². The quantitative estimate of drug-likeness (QED) is 0.236. The maximum absolute atomic E-state index is 13.4. The fourth-order valence-corrected chi connectivity index (χ4v) is 3.85. The van der Waals surface area contributed by atoms with Crippen LogP contribution >= 0.6 is 0 Å². The van der Waals surface area contributed by atoms with E-state index in [1.165, 1.54) is 0 Å². The van der Waals surface area contributed by atoms with Crippen molar-refractivity contribution >= 4 is 23.8 Å². The molecule has 2 rings (SSSR count). The number of hydrogen-bond donors (Lipinski definition) is 0. The molecular weight excluding hydrogens is 468 g/mol. The fraction of sp³-hybridized carbons (Fsp3) is 0.452. The van der Waals surface area contributed by atoms with Gasteiger partial charge in [-0.05, 0) is 77.2 Å². The van der Waals surface area contributed by atoms with Crippen LogP contribution in [0.2, 0.25) is 0 Å². The fourth-order valence-electron chi connectivity index (χ4n) is 3.85. The normalized spacial score (nSPS) is 13.5. The molecule has 0 aliphatic heterocycles. The highest BCUT2D eigenvalue weighted by Gasteiger charge is 2.38. The lowest BCUT2D eigenvalue weighted by Crippen LogP contribution is -2.39. The van der Waals surface area contributed by atoms with E-state index in [1.54, 1.807) is 19.9 Å². The Hall–Kier alpha value is -3.25. The van der Waals surface area contributed by atoms with Crippen molar-refractivity contribution in [3.8, 4) is 0 Å². The molecule has 0 saturated heterocycles. The van der Waals surface area contributed by atoms with E-state index in [1.807, 2.05) is 82.3 Å². The molecule has 0 heterocycles. The SMILES string of the molecule is CCOC(=O)/C(C)=C/c1cccc(C(C)(CCCC(=O)COCc2ccccc2)C(=O)OC(C)(C)C)c1. The second-order valence-corrected chi connectivity index (χ2v) is 10.4. The van der Waals surface area contributed by atoms with Gasteiger partial charge in [-0.1, -0.05) is 54.6 Å². The summed E-state index contributed by atoms with van der Waals surface area (Å²) in [6, 6.07) is 17.2. The number of ketones is 1. The monoisotopic (exact) mass is 508 g/mol. The number of esters is 2. The van der Waals surface area contributed by atoms with Gasteiger partial charge in [-0.3, -0.25) is 9.59 Å². The van der Waals surface area contributed by atoms with Crippen molar-refractivity contribution < 1.29 is 28.6 Å². The lowest BCUT2D eigenvalue weighted by molar-refractivity contribution is -0.162. The van der Waals surface area contributed by atoms with Crippen molar-refractivity contribution in [3.05, 3.63) is 76.9 Å². The van der Waals surface area contributed by atoms with Crippen LogP contribution in [-0.4, -0.2) is 36.5 Å². The molecule has 0 aliphatic carbocycles. The van der Waals surface area contributed by atoms with Crippen LogP contribution in [0.3, 0.4) is 0 Å². The second-order valence-electron chi connectivity index (χ2n) is 10.4. The smallest absolute Gasteiger partial charge is 0.333 e. The molecule has 2 aromatic carbocycles. The molecule has 0 aromatic heterocycles. The molecule has 0 saturated carbocycles. The molecule has 0 N–H and O–H groups in total. The highest BCUT2D eigenvalue weighted by Crippen LogP contribution is 2.34. The van der Waals surface area contributed by atoms with E-state index in [0.29, 0.717) is 38.0 Å². The van der Waals surface area contributed by atoms with Gasteiger partial charge in [0.05, 0.1) is 18.6 Å². The van der Waals surface area contributed by atoms with Crippen LogP contribution in [0.5, 0.6) is 0 Å². The Labute approximate surface area is 221 Å². The van der Waals surface area contributed by atoms with Gasteiger partial charge in [0.2, 0.25) is 0 Å². The Kier molecular flexibility index (Phi) is 11.3. The molecule has 1 atom stereocenters. The van der Waals surface area contributed by atoms with Crippen LogP contribution in [0.1, 0.15) is 77.5 Å². The molecule has 0 fully saturated rings. The number of ether oxygens (including phenoxy) is 3. The first-order valence-corrected chi connectivity index (χ1v) is 12.8. The van der Waals surface area contributed by atoms with Crippen molar-refractivity contribution in [2.45, 2.75) is 78.4 Å². The van der Waals surface area contributed by atoms with Crippen LogP contribution in [0.15, 0.2) is 60.2 Å². The summed E-state index contributed by atoms with van der Waals surface area (Å²) in [5.41, 5.74) is 1.40. The third-order valence-electron chi connectivity index (χ3n) is 5.86. The van der Waals surface area contributed by atoms with Gasteiger partial charge in [0, 0.05) is 12.0 Å². The van der Waals surface area contributed by atoms with E-state index in [0.717, 1.165) is 16.7 Å². The average molecular weight is 509 g/mol. The van der Waals surface area contributed by atoms with Crippen molar-refractivity contribution in [1.82, 2.24) is 0 Å².